The maximum atomic E-state index is 13.1. The monoisotopic (exact) mass is 419 g/mol. The second kappa shape index (κ2) is 7.36. The first-order valence-corrected chi connectivity index (χ1v) is 10.4. The summed E-state index contributed by atoms with van der Waals surface area (Å²) in [5.74, 6) is -0.506. The molecule has 1 fully saturated rings. The lowest BCUT2D eigenvalue weighted by atomic mass is 9.80. The van der Waals surface area contributed by atoms with E-state index in [0.29, 0.717) is 11.6 Å². The van der Waals surface area contributed by atoms with Gasteiger partial charge in [-0.25, -0.2) is 0 Å². The molecule has 2 heterocycles. The first-order valence-electron chi connectivity index (χ1n) is 10.0. The average Bonchev–Trinajstić information content (AvgIpc) is 2.70. The van der Waals surface area contributed by atoms with Crippen molar-refractivity contribution < 1.29 is 9.59 Å². The number of para-hydroxylation sites is 1. The Hall–Kier alpha value is -2.99. The molecule has 2 amide bonds. The first-order chi connectivity index (χ1) is 14.2. The molecule has 1 N–H and O–H groups in total. The highest BCUT2D eigenvalue weighted by molar-refractivity contribution is 7.80. The third-order valence-electron chi connectivity index (χ3n) is 6.08. The van der Waals surface area contributed by atoms with Crippen LogP contribution in [0.2, 0.25) is 0 Å². The van der Waals surface area contributed by atoms with Gasteiger partial charge in [-0.05, 0) is 79.9 Å². The van der Waals surface area contributed by atoms with E-state index in [9.17, 15) is 9.59 Å². The Labute approximate surface area is 182 Å². The summed E-state index contributed by atoms with van der Waals surface area (Å²) in [6.45, 7) is 6.71. The minimum atomic E-state index is -0.471. The van der Waals surface area contributed by atoms with E-state index in [1.54, 1.807) is 18.2 Å². The van der Waals surface area contributed by atoms with Gasteiger partial charge in [0.2, 0.25) is 0 Å². The van der Waals surface area contributed by atoms with Crippen molar-refractivity contribution in [1.82, 2.24) is 5.32 Å². The zero-order chi connectivity index (χ0) is 21.6. The second-order valence-electron chi connectivity index (χ2n) is 8.59. The molecule has 5 nitrogen and oxygen atoms in total. The molecule has 0 radical (unpaired) electrons. The van der Waals surface area contributed by atoms with Crippen molar-refractivity contribution >= 4 is 46.6 Å². The average molecular weight is 420 g/mol. The van der Waals surface area contributed by atoms with E-state index in [0.717, 1.165) is 12.0 Å². The number of rotatable bonds is 2. The molecular formula is C24H25N3O2S. The van der Waals surface area contributed by atoms with Gasteiger partial charge in [0.1, 0.15) is 5.57 Å². The van der Waals surface area contributed by atoms with Crippen LogP contribution in [0.3, 0.4) is 0 Å². The molecule has 1 saturated heterocycles. The molecule has 2 aromatic rings. The van der Waals surface area contributed by atoms with Crippen LogP contribution < -0.4 is 15.1 Å². The van der Waals surface area contributed by atoms with Crippen molar-refractivity contribution in [3.63, 3.8) is 0 Å². The molecule has 0 aromatic heterocycles. The van der Waals surface area contributed by atoms with Crippen LogP contribution in [0.25, 0.3) is 6.08 Å². The Morgan fingerprint density at radius 3 is 2.53 bits per heavy atom. The summed E-state index contributed by atoms with van der Waals surface area (Å²) in [6.07, 6.45) is 2.69. The minimum Gasteiger partial charge on any atom is -0.369 e. The number of nitrogens with zero attached hydrogens (tertiary/aromatic N) is 2. The van der Waals surface area contributed by atoms with Gasteiger partial charge in [-0.2, -0.15) is 0 Å². The minimum absolute atomic E-state index is 0.0737. The number of carbonyl (C=O) groups excluding carboxylic acids is 2. The lowest BCUT2D eigenvalue weighted by Crippen LogP contribution is -2.54. The third-order valence-corrected chi connectivity index (χ3v) is 6.37. The summed E-state index contributed by atoms with van der Waals surface area (Å²) < 4.78 is 0. The van der Waals surface area contributed by atoms with E-state index in [-0.39, 0.29) is 16.2 Å². The summed E-state index contributed by atoms with van der Waals surface area (Å²) in [4.78, 5) is 29.4. The van der Waals surface area contributed by atoms with Crippen LogP contribution >= 0.6 is 12.2 Å². The van der Waals surface area contributed by atoms with E-state index in [1.807, 2.05) is 24.3 Å². The Kier molecular flexibility index (Phi) is 4.98. The highest BCUT2D eigenvalue weighted by Crippen LogP contribution is 2.42. The molecule has 1 unspecified atom stereocenters. The SMILES string of the molecule is CC1CC(C)(C)N(C)c2ccc(/C=C3\C(=O)NC(=S)N(c4ccccc4)C3=O)cc21. The molecule has 0 aliphatic carbocycles. The van der Waals surface area contributed by atoms with E-state index in [2.05, 4.69) is 50.2 Å². The van der Waals surface area contributed by atoms with Crippen LogP contribution in [0.1, 0.15) is 44.2 Å². The Morgan fingerprint density at radius 1 is 1.13 bits per heavy atom. The third kappa shape index (κ3) is 3.41. The van der Waals surface area contributed by atoms with Crippen LogP contribution in [0.4, 0.5) is 11.4 Å². The van der Waals surface area contributed by atoms with Crippen molar-refractivity contribution in [2.45, 2.75) is 38.6 Å². The number of anilines is 2. The van der Waals surface area contributed by atoms with Crippen LogP contribution in [0, 0.1) is 0 Å². The molecule has 6 heteroatoms. The molecule has 154 valence electrons. The molecule has 0 bridgehead atoms. The number of carbonyl (C=O) groups is 2. The van der Waals surface area contributed by atoms with Crippen molar-refractivity contribution in [2.75, 3.05) is 16.8 Å². The number of fused-ring (bicyclic) bond motifs is 1. The van der Waals surface area contributed by atoms with Gasteiger partial charge < -0.3 is 4.90 Å². The Bertz CT molecular complexity index is 1080. The summed E-state index contributed by atoms with van der Waals surface area (Å²) in [7, 11) is 2.11. The largest absolute Gasteiger partial charge is 0.369 e. The van der Waals surface area contributed by atoms with Crippen LogP contribution in [0.5, 0.6) is 0 Å². The van der Waals surface area contributed by atoms with Gasteiger partial charge >= 0.3 is 0 Å². The lowest BCUT2D eigenvalue weighted by molar-refractivity contribution is -0.122. The number of nitrogens with one attached hydrogen (secondary N) is 1. The fourth-order valence-corrected chi connectivity index (χ4v) is 4.60. The molecule has 1 atom stereocenters. The molecular weight excluding hydrogens is 394 g/mol. The summed E-state index contributed by atoms with van der Waals surface area (Å²) in [5.41, 5.74) is 4.02. The van der Waals surface area contributed by atoms with E-state index < -0.39 is 11.8 Å². The topological polar surface area (TPSA) is 52.7 Å². The number of hydrogen-bond acceptors (Lipinski definition) is 4. The fraction of sp³-hybridized carbons (Fsp3) is 0.292. The molecule has 30 heavy (non-hydrogen) atoms. The fourth-order valence-electron chi connectivity index (χ4n) is 4.32. The highest BCUT2D eigenvalue weighted by atomic mass is 32.1. The van der Waals surface area contributed by atoms with Gasteiger partial charge in [0.15, 0.2) is 5.11 Å². The molecule has 2 aromatic carbocycles. The highest BCUT2D eigenvalue weighted by Gasteiger charge is 2.36. The van der Waals surface area contributed by atoms with Crippen molar-refractivity contribution in [1.29, 1.82) is 0 Å². The van der Waals surface area contributed by atoms with Gasteiger partial charge in [-0.3, -0.25) is 19.8 Å². The van der Waals surface area contributed by atoms with Crippen molar-refractivity contribution in [2.24, 2.45) is 0 Å². The van der Waals surface area contributed by atoms with E-state index >= 15 is 0 Å². The quantitative estimate of drug-likeness (QED) is 0.449. The van der Waals surface area contributed by atoms with Gasteiger partial charge in [-0.1, -0.05) is 31.2 Å². The number of thiocarbonyl (C=S) groups is 1. The second-order valence-corrected chi connectivity index (χ2v) is 8.97. The zero-order valence-electron chi connectivity index (χ0n) is 17.6. The Balaban J connectivity index is 1.72. The summed E-state index contributed by atoms with van der Waals surface area (Å²) in [5, 5.41) is 2.73. The number of benzene rings is 2. The van der Waals surface area contributed by atoms with Crippen LogP contribution in [-0.4, -0.2) is 29.5 Å². The predicted octanol–water partition coefficient (Wildman–Crippen LogP) is 4.24. The smallest absolute Gasteiger partial charge is 0.270 e. The molecule has 0 spiro atoms. The summed E-state index contributed by atoms with van der Waals surface area (Å²) >= 11 is 5.25. The van der Waals surface area contributed by atoms with Crippen LogP contribution in [0.15, 0.2) is 54.1 Å². The van der Waals surface area contributed by atoms with Gasteiger partial charge in [0.05, 0.1) is 5.69 Å². The molecule has 4 rings (SSSR count). The maximum Gasteiger partial charge on any atom is 0.270 e. The first kappa shape index (κ1) is 20.3. The molecule has 0 saturated carbocycles. The molecule has 2 aliphatic rings. The van der Waals surface area contributed by atoms with E-state index in [4.69, 9.17) is 12.2 Å². The zero-order valence-corrected chi connectivity index (χ0v) is 18.4. The van der Waals surface area contributed by atoms with Gasteiger partial charge in [0.25, 0.3) is 11.8 Å². The summed E-state index contributed by atoms with van der Waals surface area (Å²) in [6, 6.07) is 15.2. The maximum absolute atomic E-state index is 13.1. The molecule has 2 aliphatic heterocycles. The standard InChI is InChI=1S/C24H25N3O2S/c1-15-14-24(2,3)26(4)20-11-10-16(12-18(15)20)13-19-21(28)25-23(30)27(22(19)29)17-8-6-5-7-9-17/h5-13,15H,14H2,1-4H3,(H,25,28,30)/b19-13+. The van der Waals surface area contributed by atoms with Gasteiger partial charge in [0, 0.05) is 18.3 Å². The van der Waals surface area contributed by atoms with Crippen molar-refractivity contribution in [3.8, 4) is 0 Å². The Morgan fingerprint density at radius 2 is 1.83 bits per heavy atom. The number of amides is 2. The van der Waals surface area contributed by atoms with Gasteiger partial charge in [-0.15, -0.1) is 0 Å². The predicted molar refractivity (Wildman–Crippen MR) is 125 cm³/mol. The van der Waals surface area contributed by atoms with Crippen molar-refractivity contribution in [3.05, 3.63) is 65.2 Å². The normalized spacial score (nSPS) is 22.2. The lowest BCUT2D eigenvalue weighted by Gasteiger charge is -2.45. The van der Waals surface area contributed by atoms with E-state index in [1.165, 1.54) is 16.2 Å². The van der Waals surface area contributed by atoms with Crippen LogP contribution in [-0.2, 0) is 9.59 Å². The number of hydrogen-bond donors (Lipinski definition) is 1.